The first kappa shape index (κ1) is 31.8. The van der Waals surface area contributed by atoms with Crippen molar-refractivity contribution in [3.05, 3.63) is 95.4 Å². The lowest BCUT2D eigenvalue weighted by atomic mass is 10.1. The SMILES string of the molecule is CC(C)N=C(N)c1ccc(-c2ccc(C(=O)NCCCCNC(=O)c3ccc(-c4ccc(C(N)=NC(C)C)cc4)o3)o2)cc1. The zero-order valence-electron chi connectivity index (χ0n) is 25.6. The van der Waals surface area contributed by atoms with Crippen molar-refractivity contribution in [1.82, 2.24) is 10.6 Å². The summed E-state index contributed by atoms with van der Waals surface area (Å²) in [4.78, 5) is 33.8. The summed E-state index contributed by atoms with van der Waals surface area (Å²) in [6, 6.07) is 22.1. The molecule has 0 atom stereocenters. The van der Waals surface area contributed by atoms with Gasteiger partial charge in [-0.05, 0) is 64.8 Å². The summed E-state index contributed by atoms with van der Waals surface area (Å²) in [6.45, 7) is 8.77. The summed E-state index contributed by atoms with van der Waals surface area (Å²) in [5.41, 5.74) is 15.4. The Bertz CT molecular complexity index is 1490. The van der Waals surface area contributed by atoms with Gasteiger partial charge in [-0.15, -0.1) is 0 Å². The average molecular weight is 597 g/mol. The quantitative estimate of drug-likeness (QED) is 0.0921. The molecule has 10 heteroatoms. The average Bonchev–Trinajstić information content (AvgIpc) is 3.69. The largest absolute Gasteiger partial charge is 0.451 e. The molecule has 2 amide bonds. The Morgan fingerprint density at radius 1 is 0.614 bits per heavy atom. The van der Waals surface area contributed by atoms with E-state index >= 15 is 0 Å². The number of hydrogen-bond donors (Lipinski definition) is 4. The lowest BCUT2D eigenvalue weighted by Gasteiger charge is -2.06. The maximum atomic E-state index is 12.5. The van der Waals surface area contributed by atoms with Gasteiger partial charge in [0.1, 0.15) is 23.2 Å². The van der Waals surface area contributed by atoms with Crippen molar-refractivity contribution in [3.63, 3.8) is 0 Å². The first-order valence-electron chi connectivity index (χ1n) is 14.7. The van der Waals surface area contributed by atoms with Crippen molar-refractivity contribution >= 4 is 23.5 Å². The van der Waals surface area contributed by atoms with Crippen LogP contribution >= 0.6 is 0 Å². The molecule has 6 N–H and O–H groups in total. The second-order valence-electron chi connectivity index (χ2n) is 10.9. The molecule has 0 fully saturated rings. The Balaban J connectivity index is 1.18. The van der Waals surface area contributed by atoms with E-state index in [0.29, 0.717) is 49.1 Å². The molecule has 2 aromatic heterocycles. The van der Waals surface area contributed by atoms with Crippen LogP contribution in [0.1, 0.15) is 72.8 Å². The van der Waals surface area contributed by atoms with Crippen LogP contribution in [0, 0.1) is 0 Å². The Morgan fingerprint density at radius 3 is 1.32 bits per heavy atom. The van der Waals surface area contributed by atoms with E-state index in [-0.39, 0.29) is 35.4 Å². The van der Waals surface area contributed by atoms with Gasteiger partial charge in [0.15, 0.2) is 11.5 Å². The molecule has 0 saturated carbocycles. The highest BCUT2D eigenvalue weighted by molar-refractivity contribution is 5.98. The van der Waals surface area contributed by atoms with Gasteiger partial charge in [0.05, 0.1) is 0 Å². The molecule has 4 aromatic rings. The highest BCUT2D eigenvalue weighted by Gasteiger charge is 2.14. The number of nitrogens with zero attached hydrogens (tertiary/aromatic N) is 2. The maximum absolute atomic E-state index is 12.5. The van der Waals surface area contributed by atoms with Crippen LogP contribution in [0.25, 0.3) is 22.6 Å². The highest BCUT2D eigenvalue weighted by atomic mass is 16.4. The Labute approximate surface area is 257 Å². The zero-order valence-corrected chi connectivity index (χ0v) is 25.6. The number of furan rings is 2. The number of unbranched alkanes of at least 4 members (excludes halogenated alkanes) is 1. The van der Waals surface area contributed by atoms with E-state index in [1.54, 1.807) is 24.3 Å². The molecule has 230 valence electrons. The van der Waals surface area contributed by atoms with Gasteiger partial charge in [0.2, 0.25) is 0 Å². The van der Waals surface area contributed by atoms with Crippen LogP contribution in [-0.2, 0) is 0 Å². The summed E-state index contributed by atoms with van der Waals surface area (Å²) in [5.74, 6) is 2.01. The van der Waals surface area contributed by atoms with E-state index in [1.165, 1.54) is 0 Å². The van der Waals surface area contributed by atoms with Gasteiger partial charge < -0.3 is 30.9 Å². The Morgan fingerprint density at radius 2 is 0.977 bits per heavy atom. The predicted octanol–water partition coefficient (Wildman–Crippen LogP) is 5.37. The molecule has 44 heavy (non-hydrogen) atoms. The molecule has 0 radical (unpaired) electrons. The number of carbonyl (C=O) groups excluding carboxylic acids is 2. The Hall–Kier alpha value is -5.12. The molecule has 0 unspecified atom stereocenters. The van der Waals surface area contributed by atoms with Crippen LogP contribution in [0.3, 0.4) is 0 Å². The lowest BCUT2D eigenvalue weighted by Crippen LogP contribution is -2.27. The highest BCUT2D eigenvalue weighted by Crippen LogP contribution is 2.24. The smallest absolute Gasteiger partial charge is 0.287 e. The van der Waals surface area contributed by atoms with Crippen LogP contribution in [-0.4, -0.2) is 48.7 Å². The van der Waals surface area contributed by atoms with Crippen molar-refractivity contribution in [3.8, 4) is 22.6 Å². The number of carbonyl (C=O) groups is 2. The van der Waals surface area contributed by atoms with Crippen LogP contribution in [0.4, 0.5) is 0 Å². The molecule has 4 rings (SSSR count). The molecular weight excluding hydrogens is 556 g/mol. The molecular formula is C34H40N6O4. The van der Waals surface area contributed by atoms with Crippen molar-refractivity contribution in [2.45, 2.75) is 52.6 Å². The number of rotatable bonds is 13. The molecule has 10 nitrogen and oxygen atoms in total. The van der Waals surface area contributed by atoms with Gasteiger partial charge in [-0.25, -0.2) is 0 Å². The summed E-state index contributed by atoms with van der Waals surface area (Å²) in [6.07, 6.45) is 1.36. The summed E-state index contributed by atoms with van der Waals surface area (Å²) in [7, 11) is 0. The molecule has 0 spiro atoms. The fourth-order valence-electron chi connectivity index (χ4n) is 4.37. The second-order valence-corrected chi connectivity index (χ2v) is 10.9. The fraction of sp³-hybridized carbons (Fsp3) is 0.294. The monoisotopic (exact) mass is 596 g/mol. The standard InChI is InChI=1S/C34H40N6O4/c1-21(2)39-31(35)25-11-7-23(8-12-25)27-15-17-29(43-27)33(41)37-19-5-6-20-38-34(42)30-18-16-28(44-30)24-9-13-26(14-10-24)32(36)40-22(3)4/h7-18,21-22H,5-6,19-20H2,1-4H3,(H2,35,39)(H2,36,40)(H,37,41)(H,38,42). The number of hydrogen-bond acceptors (Lipinski definition) is 6. The molecule has 0 aliphatic carbocycles. The number of amides is 2. The Kier molecular flexibility index (Phi) is 10.7. The fourth-order valence-corrected chi connectivity index (χ4v) is 4.37. The van der Waals surface area contributed by atoms with Gasteiger partial charge in [-0.2, -0.15) is 0 Å². The van der Waals surface area contributed by atoms with E-state index in [4.69, 9.17) is 20.3 Å². The minimum Gasteiger partial charge on any atom is -0.451 e. The predicted molar refractivity (Wildman–Crippen MR) is 174 cm³/mol. The van der Waals surface area contributed by atoms with E-state index in [2.05, 4.69) is 20.6 Å². The van der Waals surface area contributed by atoms with Crippen molar-refractivity contribution < 1.29 is 18.4 Å². The van der Waals surface area contributed by atoms with Gasteiger partial charge in [0.25, 0.3) is 11.8 Å². The van der Waals surface area contributed by atoms with Gasteiger partial charge in [-0.1, -0.05) is 48.5 Å². The van der Waals surface area contributed by atoms with Crippen LogP contribution in [0.2, 0.25) is 0 Å². The summed E-state index contributed by atoms with van der Waals surface area (Å²) >= 11 is 0. The maximum Gasteiger partial charge on any atom is 0.287 e. The molecule has 2 heterocycles. The van der Waals surface area contributed by atoms with Gasteiger partial charge in [0, 0.05) is 47.4 Å². The first-order chi connectivity index (χ1) is 21.1. The second kappa shape index (κ2) is 14.9. The van der Waals surface area contributed by atoms with Gasteiger partial charge in [-0.3, -0.25) is 19.6 Å². The first-order valence-corrected chi connectivity index (χ1v) is 14.7. The molecule has 0 saturated heterocycles. The van der Waals surface area contributed by atoms with Gasteiger partial charge >= 0.3 is 0 Å². The zero-order chi connectivity index (χ0) is 31.6. The van der Waals surface area contributed by atoms with E-state index < -0.39 is 0 Å². The number of nitrogens with one attached hydrogen (secondary N) is 2. The van der Waals surface area contributed by atoms with E-state index in [1.807, 2.05) is 76.2 Å². The van der Waals surface area contributed by atoms with Crippen LogP contribution in [0.15, 0.2) is 91.6 Å². The number of nitrogens with two attached hydrogens (primary N) is 2. The van der Waals surface area contributed by atoms with E-state index in [0.717, 1.165) is 22.3 Å². The minimum atomic E-state index is -0.295. The minimum absolute atomic E-state index is 0.113. The van der Waals surface area contributed by atoms with E-state index in [9.17, 15) is 9.59 Å². The summed E-state index contributed by atoms with van der Waals surface area (Å²) < 4.78 is 11.5. The third kappa shape index (κ3) is 8.70. The van der Waals surface area contributed by atoms with Crippen molar-refractivity contribution in [2.75, 3.05) is 13.1 Å². The molecule has 0 aliphatic rings. The molecule has 2 aromatic carbocycles. The number of aliphatic imine (C=N–C) groups is 2. The van der Waals surface area contributed by atoms with Crippen molar-refractivity contribution in [2.24, 2.45) is 21.5 Å². The number of amidine groups is 2. The lowest BCUT2D eigenvalue weighted by molar-refractivity contribution is 0.0913. The summed E-state index contributed by atoms with van der Waals surface area (Å²) in [5, 5.41) is 5.71. The topological polar surface area (TPSA) is 161 Å². The molecule has 0 aliphatic heterocycles. The van der Waals surface area contributed by atoms with Crippen molar-refractivity contribution in [1.29, 1.82) is 0 Å². The van der Waals surface area contributed by atoms with Crippen LogP contribution < -0.4 is 22.1 Å². The third-order valence-electron chi connectivity index (χ3n) is 6.56. The normalized spacial score (nSPS) is 12.1. The number of benzene rings is 2. The van der Waals surface area contributed by atoms with Crippen LogP contribution in [0.5, 0.6) is 0 Å². The third-order valence-corrected chi connectivity index (χ3v) is 6.56. The molecule has 0 bridgehead atoms.